The molecule has 2 rings (SSSR count). The lowest BCUT2D eigenvalue weighted by molar-refractivity contribution is 0.937. The Bertz CT molecular complexity index is 497. The van der Waals surface area contributed by atoms with E-state index in [0.717, 1.165) is 11.3 Å². The van der Waals surface area contributed by atoms with Gasteiger partial charge in [-0.1, -0.05) is 40.9 Å². The quantitative estimate of drug-likeness (QED) is 0.825. The Morgan fingerprint density at radius 3 is 2.31 bits per heavy atom. The van der Waals surface area contributed by atoms with E-state index in [-0.39, 0.29) is 0 Å². The van der Waals surface area contributed by atoms with Gasteiger partial charge in [-0.2, -0.15) is 5.10 Å². The monoisotopic (exact) mass is 272 g/mol. The van der Waals surface area contributed by atoms with Crippen LogP contribution in [0.2, 0.25) is 15.2 Å². The van der Waals surface area contributed by atoms with Crippen molar-refractivity contribution in [3.8, 4) is 0 Å². The molecule has 0 amide bonds. The molecule has 2 nitrogen and oxygen atoms in total. The van der Waals surface area contributed by atoms with E-state index in [0.29, 0.717) is 21.6 Å². The zero-order valence-electron chi connectivity index (χ0n) is 8.12. The topological polar surface area (TPSA) is 25.8 Å². The lowest BCUT2D eigenvalue weighted by Gasteiger charge is -2.02. The van der Waals surface area contributed by atoms with Crippen molar-refractivity contribution < 1.29 is 0 Å². The maximum Gasteiger partial charge on any atom is 0.151 e. The molecule has 2 aromatic rings. The molecule has 0 saturated heterocycles. The second kappa shape index (κ2) is 5.00. The molecule has 0 bridgehead atoms. The first kappa shape index (κ1) is 11.6. The largest absolute Gasteiger partial charge is 0.154 e. The molecule has 0 aliphatic heterocycles. The number of halogens is 3. The van der Waals surface area contributed by atoms with Crippen LogP contribution in [-0.4, -0.2) is 10.2 Å². The van der Waals surface area contributed by atoms with Crippen molar-refractivity contribution in [3.63, 3.8) is 0 Å². The molecule has 0 N–H and O–H groups in total. The summed E-state index contributed by atoms with van der Waals surface area (Å²) in [6, 6.07) is 9.03. The number of nitrogens with zero attached hydrogens (tertiary/aromatic N) is 2. The smallest absolute Gasteiger partial charge is 0.151 e. The Hall–Kier alpha value is -0.830. The molecule has 0 unspecified atom stereocenters. The van der Waals surface area contributed by atoms with Crippen molar-refractivity contribution >= 4 is 34.8 Å². The highest BCUT2D eigenvalue weighted by molar-refractivity contribution is 6.42. The Kier molecular flexibility index (Phi) is 3.64. The van der Waals surface area contributed by atoms with Gasteiger partial charge in [0, 0.05) is 6.42 Å². The van der Waals surface area contributed by atoms with Gasteiger partial charge < -0.3 is 0 Å². The van der Waals surface area contributed by atoms with Crippen molar-refractivity contribution in [2.75, 3.05) is 0 Å². The molecule has 0 radical (unpaired) electrons. The molecule has 1 aromatic carbocycles. The highest BCUT2D eigenvalue weighted by Gasteiger charge is 2.02. The number of benzene rings is 1. The van der Waals surface area contributed by atoms with Gasteiger partial charge >= 0.3 is 0 Å². The predicted molar refractivity (Wildman–Crippen MR) is 66.3 cm³/mol. The molecule has 82 valence electrons. The van der Waals surface area contributed by atoms with Crippen molar-refractivity contribution in [2.24, 2.45) is 0 Å². The van der Waals surface area contributed by atoms with Gasteiger partial charge in [0.2, 0.25) is 0 Å². The number of hydrogen-bond donors (Lipinski definition) is 0. The van der Waals surface area contributed by atoms with Gasteiger partial charge in [0.05, 0.1) is 15.7 Å². The molecule has 0 saturated carbocycles. The van der Waals surface area contributed by atoms with E-state index in [4.69, 9.17) is 34.8 Å². The van der Waals surface area contributed by atoms with Crippen LogP contribution in [0.15, 0.2) is 30.3 Å². The lowest BCUT2D eigenvalue weighted by atomic mass is 10.1. The molecule has 1 aromatic heterocycles. The van der Waals surface area contributed by atoms with Crippen LogP contribution >= 0.6 is 34.8 Å². The highest BCUT2D eigenvalue weighted by atomic mass is 35.5. The van der Waals surface area contributed by atoms with Crippen LogP contribution < -0.4 is 0 Å². The fourth-order valence-corrected chi connectivity index (χ4v) is 1.72. The maximum atomic E-state index is 5.92. The van der Waals surface area contributed by atoms with E-state index in [2.05, 4.69) is 10.2 Å². The molecular formula is C11H7Cl3N2. The molecule has 16 heavy (non-hydrogen) atoms. The van der Waals surface area contributed by atoms with Crippen LogP contribution in [0.5, 0.6) is 0 Å². The van der Waals surface area contributed by atoms with Crippen LogP contribution in [0.1, 0.15) is 11.3 Å². The summed E-state index contributed by atoms with van der Waals surface area (Å²) in [6.07, 6.45) is 0.654. The van der Waals surface area contributed by atoms with E-state index in [1.807, 2.05) is 18.2 Å². The second-order valence-electron chi connectivity index (χ2n) is 3.27. The van der Waals surface area contributed by atoms with Gasteiger partial charge in [-0.05, 0) is 29.8 Å². The van der Waals surface area contributed by atoms with Gasteiger partial charge in [0.15, 0.2) is 5.15 Å². The maximum absolute atomic E-state index is 5.92. The third kappa shape index (κ3) is 2.85. The number of rotatable bonds is 2. The normalized spacial score (nSPS) is 10.4. The molecule has 0 aliphatic rings. The van der Waals surface area contributed by atoms with Crippen LogP contribution in [0, 0.1) is 0 Å². The van der Waals surface area contributed by atoms with Gasteiger partial charge in [-0.3, -0.25) is 0 Å². The number of aromatic nitrogens is 2. The summed E-state index contributed by atoms with van der Waals surface area (Å²) in [6.45, 7) is 0. The van der Waals surface area contributed by atoms with E-state index >= 15 is 0 Å². The summed E-state index contributed by atoms with van der Waals surface area (Å²) < 4.78 is 0. The van der Waals surface area contributed by atoms with Gasteiger partial charge in [0.25, 0.3) is 0 Å². The first-order valence-corrected chi connectivity index (χ1v) is 5.70. The van der Waals surface area contributed by atoms with Crippen LogP contribution in [0.4, 0.5) is 0 Å². The van der Waals surface area contributed by atoms with Crippen LogP contribution in [0.3, 0.4) is 0 Å². The molecule has 0 spiro atoms. The molecule has 0 fully saturated rings. The summed E-state index contributed by atoms with van der Waals surface area (Å²) in [5.41, 5.74) is 1.87. The first-order valence-electron chi connectivity index (χ1n) is 4.57. The van der Waals surface area contributed by atoms with E-state index in [1.165, 1.54) is 0 Å². The van der Waals surface area contributed by atoms with Crippen molar-refractivity contribution in [1.82, 2.24) is 10.2 Å². The third-order valence-electron chi connectivity index (χ3n) is 2.06. The SMILES string of the molecule is Clc1ccc(Cc2ccc(Cl)c(Cl)c2)nn1. The standard InChI is InChI=1S/C11H7Cl3N2/c12-9-3-1-7(6-10(9)13)5-8-2-4-11(14)16-15-8/h1-4,6H,5H2. The minimum atomic E-state index is 0.387. The summed E-state index contributed by atoms with van der Waals surface area (Å²) in [5, 5.41) is 9.22. The Morgan fingerprint density at radius 1 is 0.875 bits per heavy atom. The Balaban J connectivity index is 2.20. The fourth-order valence-electron chi connectivity index (χ4n) is 1.30. The highest BCUT2D eigenvalue weighted by Crippen LogP contribution is 2.23. The van der Waals surface area contributed by atoms with Crippen molar-refractivity contribution in [1.29, 1.82) is 0 Å². The van der Waals surface area contributed by atoms with E-state index in [1.54, 1.807) is 12.1 Å². The summed E-state index contributed by atoms with van der Waals surface area (Å²) in [5.74, 6) is 0. The molecule has 5 heteroatoms. The fraction of sp³-hybridized carbons (Fsp3) is 0.0909. The molecule has 1 heterocycles. The average Bonchev–Trinajstić information content (AvgIpc) is 2.27. The molecule has 0 aliphatic carbocycles. The zero-order valence-corrected chi connectivity index (χ0v) is 10.4. The third-order valence-corrected chi connectivity index (χ3v) is 3.00. The molecule has 0 atom stereocenters. The minimum Gasteiger partial charge on any atom is -0.154 e. The first-order chi connectivity index (χ1) is 7.65. The molecular weight excluding hydrogens is 266 g/mol. The number of hydrogen-bond acceptors (Lipinski definition) is 2. The Morgan fingerprint density at radius 2 is 1.69 bits per heavy atom. The van der Waals surface area contributed by atoms with Gasteiger partial charge in [-0.25, -0.2) is 0 Å². The minimum absolute atomic E-state index is 0.387. The van der Waals surface area contributed by atoms with E-state index < -0.39 is 0 Å². The lowest BCUT2D eigenvalue weighted by Crippen LogP contribution is -1.94. The second-order valence-corrected chi connectivity index (χ2v) is 4.47. The Labute approximate surface area is 108 Å². The van der Waals surface area contributed by atoms with Crippen molar-refractivity contribution in [2.45, 2.75) is 6.42 Å². The summed E-state index contributed by atoms with van der Waals surface area (Å²) in [4.78, 5) is 0. The van der Waals surface area contributed by atoms with Crippen LogP contribution in [0.25, 0.3) is 0 Å². The van der Waals surface area contributed by atoms with Gasteiger partial charge in [0.1, 0.15) is 0 Å². The summed E-state index contributed by atoms with van der Waals surface area (Å²) in [7, 11) is 0. The van der Waals surface area contributed by atoms with Crippen molar-refractivity contribution in [3.05, 3.63) is 56.8 Å². The van der Waals surface area contributed by atoms with Gasteiger partial charge in [-0.15, -0.1) is 5.10 Å². The van der Waals surface area contributed by atoms with Crippen LogP contribution in [-0.2, 0) is 6.42 Å². The summed E-state index contributed by atoms with van der Waals surface area (Å²) >= 11 is 17.4. The van der Waals surface area contributed by atoms with E-state index in [9.17, 15) is 0 Å². The average molecular weight is 274 g/mol. The zero-order chi connectivity index (χ0) is 11.5. The predicted octanol–water partition coefficient (Wildman–Crippen LogP) is 4.03.